The first kappa shape index (κ1) is 18.0. The van der Waals surface area contributed by atoms with Crippen molar-refractivity contribution in [2.45, 2.75) is 32.7 Å². The third-order valence-corrected chi connectivity index (χ3v) is 4.98. The summed E-state index contributed by atoms with van der Waals surface area (Å²) in [5.41, 5.74) is 3.40. The number of nitrogens with zero attached hydrogens (tertiary/aromatic N) is 2. The molecule has 0 radical (unpaired) electrons. The Morgan fingerprint density at radius 1 is 1.14 bits per heavy atom. The smallest absolute Gasteiger partial charge is 0.408 e. The molecule has 3 aromatic rings. The van der Waals surface area contributed by atoms with Crippen LogP contribution >= 0.6 is 0 Å². The molecular weight excluding hydrogens is 358 g/mol. The van der Waals surface area contributed by atoms with E-state index in [1.54, 1.807) is 35.2 Å². The minimum absolute atomic E-state index is 0.106. The van der Waals surface area contributed by atoms with Crippen LogP contribution in [0.25, 0.3) is 11.1 Å². The van der Waals surface area contributed by atoms with Crippen molar-refractivity contribution in [3.05, 3.63) is 58.6 Å². The van der Waals surface area contributed by atoms with Crippen LogP contribution in [-0.4, -0.2) is 22.9 Å². The number of hydrogen-bond donors (Lipinski definition) is 1. The molecule has 7 nitrogen and oxygen atoms in total. The number of aromatic nitrogens is 1. The Kier molecular flexibility index (Phi) is 4.73. The van der Waals surface area contributed by atoms with Crippen LogP contribution in [-0.2, 0) is 16.1 Å². The Hall–Kier alpha value is -3.35. The number of oxazole rings is 1. The van der Waals surface area contributed by atoms with Gasteiger partial charge in [-0.25, -0.2) is 4.79 Å². The molecular formula is C21H21N3O4. The lowest BCUT2D eigenvalue weighted by Crippen LogP contribution is -2.35. The summed E-state index contributed by atoms with van der Waals surface area (Å²) in [6.07, 6.45) is 2.43. The zero-order valence-corrected chi connectivity index (χ0v) is 15.6. The van der Waals surface area contributed by atoms with Crippen LogP contribution in [0.3, 0.4) is 0 Å². The van der Waals surface area contributed by atoms with E-state index >= 15 is 0 Å². The molecule has 0 unspecified atom stereocenters. The van der Waals surface area contributed by atoms with Crippen LogP contribution < -0.4 is 16.0 Å². The van der Waals surface area contributed by atoms with Gasteiger partial charge in [-0.15, -0.1) is 0 Å². The maximum absolute atomic E-state index is 12.5. The normalized spacial score (nSPS) is 14.5. The van der Waals surface area contributed by atoms with Gasteiger partial charge in [0.15, 0.2) is 5.58 Å². The van der Waals surface area contributed by atoms with Crippen molar-refractivity contribution in [3.8, 4) is 0 Å². The van der Waals surface area contributed by atoms with Crippen molar-refractivity contribution in [2.75, 3.05) is 16.8 Å². The highest BCUT2D eigenvalue weighted by molar-refractivity contribution is 5.97. The molecule has 7 heteroatoms. The lowest BCUT2D eigenvalue weighted by atomic mass is 10.1. The average Bonchev–Trinajstić information content (AvgIpc) is 2.99. The number of amides is 2. The summed E-state index contributed by atoms with van der Waals surface area (Å²) in [5, 5.41) is 2.82. The number of piperidine rings is 1. The fourth-order valence-corrected chi connectivity index (χ4v) is 3.55. The third-order valence-electron chi connectivity index (χ3n) is 4.98. The molecule has 144 valence electrons. The van der Waals surface area contributed by atoms with Crippen LogP contribution in [0, 0.1) is 6.92 Å². The van der Waals surface area contributed by atoms with Gasteiger partial charge < -0.3 is 14.6 Å². The summed E-state index contributed by atoms with van der Waals surface area (Å²) in [5.74, 6) is -0.803. The molecule has 1 aliphatic heterocycles. The van der Waals surface area contributed by atoms with E-state index in [-0.39, 0.29) is 18.4 Å². The lowest BCUT2D eigenvalue weighted by Gasteiger charge is -2.28. The first-order valence-corrected chi connectivity index (χ1v) is 9.32. The molecule has 4 rings (SSSR count). The molecule has 2 heterocycles. The SMILES string of the molecule is Cc1ccc(NC(=O)Cn2c(=O)oc3ccccc32)cc1N1CCCCC1=O. The lowest BCUT2D eigenvalue weighted by molar-refractivity contribution is -0.119. The van der Waals surface area contributed by atoms with Gasteiger partial charge in [-0.2, -0.15) is 0 Å². The number of nitrogens with one attached hydrogen (secondary N) is 1. The Morgan fingerprint density at radius 2 is 1.96 bits per heavy atom. The highest BCUT2D eigenvalue weighted by Crippen LogP contribution is 2.27. The van der Waals surface area contributed by atoms with Gasteiger partial charge in [0, 0.05) is 24.3 Å². The maximum Gasteiger partial charge on any atom is 0.420 e. The molecule has 0 aliphatic carbocycles. The van der Waals surface area contributed by atoms with Crippen molar-refractivity contribution >= 4 is 34.3 Å². The molecule has 28 heavy (non-hydrogen) atoms. The molecule has 0 spiro atoms. The molecule has 1 fully saturated rings. The fourth-order valence-electron chi connectivity index (χ4n) is 3.55. The van der Waals surface area contributed by atoms with E-state index in [4.69, 9.17) is 4.42 Å². The predicted octanol–water partition coefficient (Wildman–Crippen LogP) is 3.06. The molecule has 2 aromatic carbocycles. The molecule has 2 amide bonds. The van der Waals surface area contributed by atoms with E-state index in [9.17, 15) is 14.4 Å². The van der Waals surface area contributed by atoms with Gasteiger partial charge in [0.1, 0.15) is 6.54 Å². The van der Waals surface area contributed by atoms with Crippen LogP contribution in [0.15, 0.2) is 51.7 Å². The van der Waals surface area contributed by atoms with E-state index in [1.165, 1.54) is 4.57 Å². The molecule has 1 saturated heterocycles. The topological polar surface area (TPSA) is 84.6 Å². The number of hydrogen-bond acceptors (Lipinski definition) is 4. The van der Waals surface area contributed by atoms with Gasteiger partial charge in [-0.1, -0.05) is 18.2 Å². The Balaban J connectivity index is 1.55. The van der Waals surface area contributed by atoms with Gasteiger partial charge >= 0.3 is 5.76 Å². The van der Waals surface area contributed by atoms with Crippen LogP contribution in [0.5, 0.6) is 0 Å². The summed E-state index contributed by atoms with van der Waals surface area (Å²) in [4.78, 5) is 38.6. The van der Waals surface area contributed by atoms with Crippen molar-refractivity contribution in [3.63, 3.8) is 0 Å². The summed E-state index contributed by atoms with van der Waals surface area (Å²) in [6, 6.07) is 12.5. The first-order chi connectivity index (χ1) is 13.5. The molecule has 0 bridgehead atoms. The zero-order valence-electron chi connectivity index (χ0n) is 15.6. The molecule has 1 aliphatic rings. The summed E-state index contributed by atoms with van der Waals surface area (Å²) >= 11 is 0. The van der Waals surface area contributed by atoms with E-state index < -0.39 is 5.76 Å². The Bertz CT molecular complexity index is 1110. The number of anilines is 2. The second-order valence-corrected chi connectivity index (χ2v) is 6.97. The maximum atomic E-state index is 12.5. The highest BCUT2D eigenvalue weighted by Gasteiger charge is 2.21. The van der Waals surface area contributed by atoms with Gasteiger partial charge in [0.2, 0.25) is 11.8 Å². The number of aryl methyl sites for hydroxylation is 1. The molecule has 0 atom stereocenters. The standard InChI is InChI=1S/C21H21N3O4/c1-14-9-10-15(12-17(14)23-11-5-4-8-20(23)26)22-19(25)13-24-16-6-2-3-7-18(16)28-21(24)27/h2-3,6-7,9-10,12H,4-5,8,11,13H2,1H3,(H,22,25). The predicted molar refractivity (Wildman–Crippen MR) is 106 cm³/mol. The second kappa shape index (κ2) is 7.34. The minimum Gasteiger partial charge on any atom is -0.408 e. The van der Waals surface area contributed by atoms with Crippen molar-refractivity contribution in [1.29, 1.82) is 0 Å². The monoisotopic (exact) mass is 379 g/mol. The molecule has 1 N–H and O–H groups in total. The minimum atomic E-state index is -0.570. The van der Waals surface area contributed by atoms with Crippen LogP contribution in [0.2, 0.25) is 0 Å². The van der Waals surface area contributed by atoms with Gasteiger partial charge in [0.25, 0.3) is 0 Å². The van der Waals surface area contributed by atoms with E-state index in [0.717, 1.165) is 24.1 Å². The van der Waals surface area contributed by atoms with Crippen LogP contribution in [0.4, 0.5) is 11.4 Å². The van der Waals surface area contributed by atoms with Gasteiger partial charge in [-0.3, -0.25) is 14.2 Å². The van der Waals surface area contributed by atoms with Crippen molar-refractivity contribution < 1.29 is 14.0 Å². The average molecular weight is 379 g/mol. The summed E-state index contributed by atoms with van der Waals surface area (Å²) in [7, 11) is 0. The summed E-state index contributed by atoms with van der Waals surface area (Å²) < 4.78 is 6.46. The highest BCUT2D eigenvalue weighted by atomic mass is 16.4. The van der Waals surface area contributed by atoms with Crippen molar-refractivity contribution in [2.24, 2.45) is 0 Å². The molecule has 1 aromatic heterocycles. The second-order valence-electron chi connectivity index (χ2n) is 6.97. The van der Waals surface area contributed by atoms with E-state index in [2.05, 4.69) is 5.32 Å². The molecule has 0 saturated carbocycles. The quantitative estimate of drug-likeness (QED) is 0.755. The fraction of sp³-hybridized carbons (Fsp3) is 0.286. The van der Waals surface area contributed by atoms with Crippen LogP contribution in [0.1, 0.15) is 24.8 Å². The van der Waals surface area contributed by atoms with E-state index in [1.807, 2.05) is 19.1 Å². The number of carbonyl (C=O) groups excluding carboxylic acids is 2. The largest absolute Gasteiger partial charge is 0.420 e. The number of carbonyl (C=O) groups is 2. The number of fused-ring (bicyclic) bond motifs is 1. The van der Waals surface area contributed by atoms with E-state index in [0.29, 0.717) is 29.8 Å². The Labute approximate surface area is 161 Å². The van der Waals surface area contributed by atoms with Gasteiger partial charge in [-0.05, 0) is 49.6 Å². The van der Waals surface area contributed by atoms with Gasteiger partial charge in [0.05, 0.1) is 5.52 Å². The zero-order chi connectivity index (χ0) is 19.7. The Morgan fingerprint density at radius 3 is 2.79 bits per heavy atom. The summed E-state index contributed by atoms with van der Waals surface area (Å²) in [6.45, 7) is 2.48. The first-order valence-electron chi connectivity index (χ1n) is 9.32. The number of benzene rings is 2. The number of para-hydroxylation sites is 2. The number of rotatable bonds is 4. The van der Waals surface area contributed by atoms with Crippen molar-refractivity contribution in [1.82, 2.24) is 4.57 Å². The third kappa shape index (κ3) is 3.43.